The number of aliphatic hydroxyl groups is 1. The van der Waals surface area contributed by atoms with Crippen LogP contribution in [0.4, 0.5) is 5.95 Å². The molecular formula is C12H18N8O2. The fourth-order valence-corrected chi connectivity index (χ4v) is 2.66. The lowest BCUT2D eigenvalue weighted by Gasteiger charge is -2.37. The highest BCUT2D eigenvalue weighted by atomic mass is 16.3. The van der Waals surface area contributed by atoms with Gasteiger partial charge >= 0.3 is 0 Å². The average Bonchev–Trinajstić information content (AvgIpc) is 3.02. The summed E-state index contributed by atoms with van der Waals surface area (Å²) in [5, 5.41) is 27.2. The number of tetrazole rings is 1. The Kier molecular flexibility index (Phi) is 3.75. The zero-order valence-corrected chi connectivity index (χ0v) is 12.1. The summed E-state index contributed by atoms with van der Waals surface area (Å²) in [6.07, 6.45) is 4.61. The number of nitrogens with zero attached hydrogens (tertiary/aromatic N) is 6. The lowest BCUT2D eigenvalue weighted by atomic mass is 9.75. The molecule has 0 aliphatic heterocycles. The van der Waals surface area contributed by atoms with E-state index < -0.39 is 0 Å². The topological polar surface area (TPSA) is 137 Å². The van der Waals surface area contributed by atoms with Crippen LogP contribution in [0.5, 0.6) is 0 Å². The smallest absolute Gasteiger partial charge is 0.242 e. The van der Waals surface area contributed by atoms with Crippen molar-refractivity contribution in [3.05, 3.63) is 18.0 Å². The Morgan fingerprint density at radius 1 is 1.59 bits per heavy atom. The van der Waals surface area contributed by atoms with Gasteiger partial charge in [0.15, 0.2) is 0 Å². The number of nitrogens with two attached hydrogens (primary N) is 1. The van der Waals surface area contributed by atoms with Gasteiger partial charge in [0, 0.05) is 18.8 Å². The number of nitrogens with one attached hydrogen (secondary N) is 1. The predicted molar refractivity (Wildman–Crippen MR) is 75.1 cm³/mol. The zero-order chi connectivity index (χ0) is 15.7. The molecule has 1 fully saturated rings. The molecule has 3 rings (SSSR count). The number of amides is 1. The van der Waals surface area contributed by atoms with Gasteiger partial charge in [-0.1, -0.05) is 5.10 Å². The van der Waals surface area contributed by atoms with Crippen LogP contribution in [0.3, 0.4) is 0 Å². The Bertz CT molecular complexity index is 660. The minimum Gasteiger partial charge on any atom is -0.393 e. The second-order valence-corrected chi connectivity index (χ2v) is 5.57. The average molecular weight is 306 g/mol. The van der Waals surface area contributed by atoms with Crippen LogP contribution in [0.2, 0.25) is 0 Å². The highest BCUT2D eigenvalue weighted by molar-refractivity contribution is 5.76. The van der Waals surface area contributed by atoms with Gasteiger partial charge < -0.3 is 16.2 Å². The maximum absolute atomic E-state index is 12.2. The summed E-state index contributed by atoms with van der Waals surface area (Å²) in [6, 6.07) is -0.192. The number of hydrogen-bond donors (Lipinski definition) is 3. The molecule has 1 amide bonds. The molecule has 2 heterocycles. The molecule has 10 nitrogen and oxygen atoms in total. The first-order valence-electron chi connectivity index (χ1n) is 7.00. The van der Waals surface area contributed by atoms with Crippen molar-refractivity contribution in [1.29, 1.82) is 0 Å². The summed E-state index contributed by atoms with van der Waals surface area (Å²) in [5.74, 6) is 0.0377. The SMILES string of the molecule is Cn1cc([C@@H](NC(=O)Cn2nnnc2N)C2CC(O)C2)cn1. The van der Waals surface area contributed by atoms with Crippen LogP contribution in [-0.4, -0.2) is 47.1 Å². The van der Waals surface area contributed by atoms with Crippen molar-refractivity contribution in [2.24, 2.45) is 13.0 Å². The van der Waals surface area contributed by atoms with Crippen LogP contribution in [0, 0.1) is 5.92 Å². The number of nitrogen functional groups attached to an aromatic ring is 1. The zero-order valence-electron chi connectivity index (χ0n) is 12.1. The minimum atomic E-state index is -0.295. The molecule has 2 aromatic rings. The summed E-state index contributed by atoms with van der Waals surface area (Å²) < 4.78 is 2.91. The molecular weight excluding hydrogens is 288 g/mol. The highest BCUT2D eigenvalue weighted by Crippen LogP contribution is 2.37. The van der Waals surface area contributed by atoms with Gasteiger partial charge in [-0.15, -0.1) is 0 Å². The van der Waals surface area contributed by atoms with E-state index in [2.05, 4.69) is 25.9 Å². The van der Waals surface area contributed by atoms with Crippen LogP contribution in [0.15, 0.2) is 12.4 Å². The van der Waals surface area contributed by atoms with Gasteiger partial charge in [0.1, 0.15) is 6.54 Å². The first-order chi connectivity index (χ1) is 10.5. The third-order valence-corrected chi connectivity index (χ3v) is 3.87. The van der Waals surface area contributed by atoms with Gasteiger partial charge in [0.05, 0.1) is 18.3 Å². The number of aliphatic hydroxyl groups excluding tert-OH is 1. The number of aromatic nitrogens is 6. The van der Waals surface area contributed by atoms with E-state index in [1.807, 2.05) is 13.2 Å². The molecule has 10 heteroatoms. The minimum absolute atomic E-state index is 0.0507. The molecule has 0 bridgehead atoms. The number of rotatable bonds is 5. The van der Waals surface area contributed by atoms with E-state index in [1.165, 1.54) is 4.68 Å². The molecule has 0 saturated heterocycles. The standard InChI is InChI=1S/C12H18N8O2/c1-19-5-8(4-14-19)11(7-2-9(21)3-7)15-10(22)6-20-12(13)16-17-18-20/h4-5,7,9,11,21H,2-3,6H2,1H3,(H,15,22)(H2,13,16,18)/t7?,9?,11-/m0/s1. The number of anilines is 1. The van der Waals surface area contributed by atoms with Crippen LogP contribution in [0.1, 0.15) is 24.4 Å². The third kappa shape index (κ3) is 2.91. The monoisotopic (exact) mass is 306 g/mol. The van der Waals surface area contributed by atoms with E-state index in [1.54, 1.807) is 10.9 Å². The second-order valence-electron chi connectivity index (χ2n) is 5.57. The van der Waals surface area contributed by atoms with Crippen LogP contribution in [-0.2, 0) is 18.4 Å². The summed E-state index contributed by atoms with van der Waals surface area (Å²) in [7, 11) is 1.82. The van der Waals surface area contributed by atoms with Gasteiger partial charge in [0.2, 0.25) is 11.9 Å². The van der Waals surface area contributed by atoms with Crippen LogP contribution >= 0.6 is 0 Å². The van der Waals surface area contributed by atoms with Crippen molar-refractivity contribution >= 4 is 11.9 Å². The Labute approximate surface area is 126 Å². The lowest BCUT2D eigenvalue weighted by molar-refractivity contribution is -0.123. The van der Waals surface area contributed by atoms with Crippen molar-refractivity contribution in [2.45, 2.75) is 31.5 Å². The summed E-state index contributed by atoms with van der Waals surface area (Å²) in [6.45, 7) is -0.0507. The molecule has 1 aliphatic carbocycles. The molecule has 22 heavy (non-hydrogen) atoms. The van der Waals surface area contributed by atoms with E-state index in [0.29, 0.717) is 12.8 Å². The molecule has 1 aliphatic rings. The van der Waals surface area contributed by atoms with Gasteiger partial charge in [-0.3, -0.25) is 9.48 Å². The highest BCUT2D eigenvalue weighted by Gasteiger charge is 2.36. The molecule has 4 N–H and O–H groups in total. The fourth-order valence-electron chi connectivity index (χ4n) is 2.66. The maximum Gasteiger partial charge on any atom is 0.242 e. The summed E-state index contributed by atoms with van der Waals surface area (Å²) in [4.78, 5) is 12.2. The van der Waals surface area contributed by atoms with E-state index in [4.69, 9.17) is 5.73 Å². The normalized spacial score (nSPS) is 22.1. The van der Waals surface area contributed by atoms with Gasteiger partial charge in [-0.2, -0.15) is 5.10 Å². The Morgan fingerprint density at radius 2 is 2.36 bits per heavy atom. The van der Waals surface area contributed by atoms with Crippen LogP contribution < -0.4 is 11.1 Å². The van der Waals surface area contributed by atoms with Crippen LogP contribution in [0.25, 0.3) is 0 Å². The molecule has 0 unspecified atom stereocenters. The molecule has 2 aromatic heterocycles. The first kappa shape index (κ1) is 14.4. The fraction of sp³-hybridized carbons (Fsp3) is 0.583. The maximum atomic E-state index is 12.2. The number of carbonyl (C=O) groups excluding carboxylic acids is 1. The largest absolute Gasteiger partial charge is 0.393 e. The molecule has 0 radical (unpaired) electrons. The predicted octanol–water partition coefficient (Wildman–Crippen LogP) is -1.38. The van der Waals surface area contributed by atoms with Gasteiger partial charge in [-0.25, -0.2) is 4.68 Å². The number of hydrogen-bond acceptors (Lipinski definition) is 7. The Balaban J connectivity index is 1.70. The van der Waals surface area contributed by atoms with E-state index in [9.17, 15) is 9.90 Å². The Morgan fingerprint density at radius 3 is 2.91 bits per heavy atom. The molecule has 118 valence electrons. The quantitative estimate of drug-likeness (QED) is 0.619. The van der Waals surface area contributed by atoms with Gasteiger partial charge in [0.25, 0.3) is 0 Å². The van der Waals surface area contributed by atoms with Gasteiger partial charge in [-0.05, 0) is 29.2 Å². The second kappa shape index (κ2) is 5.72. The molecule has 0 aromatic carbocycles. The van der Waals surface area contributed by atoms with Crippen molar-refractivity contribution in [3.63, 3.8) is 0 Å². The number of carbonyl (C=O) groups is 1. The summed E-state index contributed by atoms with van der Waals surface area (Å²) in [5.41, 5.74) is 6.46. The van der Waals surface area contributed by atoms with E-state index in [0.717, 1.165) is 5.56 Å². The van der Waals surface area contributed by atoms with E-state index in [-0.39, 0.29) is 36.5 Å². The van der Waals surface area contributed by atoms with E-state index >= 15 is 0 Å². The summed E-state index contributed by atoms with van der Waals surface area (Å²) >= 11 is 0. The molecule has 0 spiro atoms. The Hall–Kier alpha value is -2.49. The first-order valence-corrected chi connectivity index (χ1v) is 7.00. The third-order valence-electron chi connectivity index (χ3n) is 3.87. The van der Waals surface area contributed by atoms with Crippen molar-refractivity contribution in [2.75, 3.05) is 5.73 Å². The molecule has 1 atom stereocenters. The van der Waals surface area contributed by atoms with Crippen molar-refractivity contribution in [1.82, 2.24) is 35.3 Å². The lowest BCUT2D eigenvalue weighted by Crippen LogP contribution is -2.42. The number of aryl methyl sites for hydroxylation is 1. The molecule has 1 saturated carbocycles. The van der Waals surface area contributed by atoms with Crippen molar-refractivity contribution in [3.8, 4) is 0 Å². The van der Waals surface area contributed by atoms with Crippen molar-refractivity contribution < 1.29 is 9.90 Å².